The van der Waals surface area contributed by atoms with Crippen molar-refractivity contribution in [2.45, 2.75) is 37.4 Å². The molecule has 0 aliphatic carbocycles. The predicted molar refractivity (Wildman–Crippen MR) is 80.5 cm³/mol. The van der Waals surface area contributed by atoms with Crippen molar-refractivity contribution in [3.63, 3.8) is 0 Å². The fourth-order valence-corrected chi connectivity index (χ4v) is 5.02. The summed E-state index contributed by atoms with van der Waals surface area (Å²) in [6.45, 7) is 2.17. The highest BCUT2D eigenvalue weighted by Gasteiger charge is 2.53. The van der Waals surface area contributed by atoms with Crippen LogP contribution in [0.5, 0.6) is 0 Å². The Morgan fingerprint density at radius 1 is 1.25 bits per heavy atom. The summed E-state index contributed by atoms with van der Waals surface area (Å²) in [4.78, 5) is 24.4. The lowest BCUT2D eigenvalue weighted by molar-refractivity contribution is -0.140. The third kappa shape index (κ3) is 2.16. The first-order valence-corrected chi connectivity index (χ1v) is 8.18. The van der Waals surface area contributed by atoms with Crippen molar-refractivity contribution in [3.8, 4) is 0 Å². The molecular formula is C16H19NO2S. The number of hydrogen-bond donors (Lipinski definition) is 1. The van der Waals surface area contributed by atoms with Crippen molar-refractivity contribution < 1.29 is 9.59 Å². The van der Waals surface area contributed by atoms with Crippen LogP contribution in [0.15, 0.2) is 30.3 Å². The van der Waals surface area contributed by atoms with E-state index in [9.17, 15) is 9.59 Å². The van der Waals surface area contributed by atoms with Gasteiger partial charge in [0.25, 0.3) is 0 Å². The first-order valence-electron chi connectivity index (χ1n) is 7.14. The molecule has 2 aliphatic heterocycles. The molecule has 1 aromatic rings. The highest BCUT2D eigenvalue weighted by Crippen LogP contribution is 2.54. The Hall–Kier alpha value is -1.29. The number of imide groups is 1. The lowest BCUT2D eigenvalue weighted by atomic mass is 9.63. The number of thioether (sulfide) groups is 1. The summed E-state index contributed by atoms with van der Waals surface area (Å²) in [6.07, 6.45) is 2.51. The lowest BCUT2D eigenvalue weighted by Crippen LogP contribution is -2.55. The van der Waals surface area contributed by atoms with Gasteiger partial charge in [-0.1, -0.05) is 37.3 Å². The number of hydrogen-bond acceptors (Lipinski definition) is 3. The van der Waals surface area contributed by atoms with E-state index in [0.717, 1.165) is 24.2 Å². The summed E-state index contributed by atoms with van der Waals surface area (Å²) in [6, 6.07) is 9.91. The molecule has 0 radical (unpaired) electrons. The van der Waals surface area contributed by atoms with Gasteiger partial charge in [0.2, 0.25) is 11.8 Å². The van der Waals surface area contributed by atoms with E-state index in [1.165, 1.54) is 0 Å². The van der Waals surface area contributed by atoms with Crippen LogP contribution >= 0.6 is 11.8 Å². The average Bonchev–Trinajstić information content (AvgIpc) is 2.42. The minimum Gasteiger partial charge on any atom is -0.296 e. The van der Waals surface area contributed by atoms with E-state index in [-0.39, 0.29) is 23.1 Å². The van der Waals surface area contributed by atoms with Crippen LogP contribution in [-0.2, 0) is 9.59 Å². The normalized spacial score (nSPS) is 34.0. The molecule has 0 aromatic heterocycles. The quantitative estimate of drug-likeness (QED) is 0.809. The number of nitrogens with one attached hydrogen (secondary N) is 1. The van der Waals surface area contributed by atoms with Gasteiger partial charge in [0.15, 0.2) is 0 Å². The number of amides is 2. The second-order valence-corrected chi connectivity index (χ2v) is 7.23. The van der Waals surface area contributed by atoms with E-state index in [1.807, 2.05) is 42.1 Å². The summed E-state index contributed by atoms with van der Waals surface area (Å²) in [5.74, 6) is 0.683. The summed E-state index contributed by atoms with van der Waals surface area (Å²) >= 11 is 1.89. The van der Waals surface area contributed by atoms with Crippen LogP contribution in [0.25, 0.3) is 0 Å². The maximum absolute atomic E-state index is 12.5. The van der Waals surface area contributed by atoms with Crippen molar-refractivity contribution in [2.24, 2.45) is 5.41 Å². The molecule has 3 nitrogen and oxygen atoms in total. The van der Waals surface area contributed by atoms with Gasteiger partial charge in [0.1, 0.15) is 0 Å². The summed E-state index contributed by atoms with van der Waals surface area (Å²) in [5, 5.41) is 2.86. The molecule has 4 heteroatoms. The van der Waals surface area contributed by atoms with Gasteiger partial charge in [-0.25, -0.2) is 0 Å². The molecule has 3 unspecified atom stereocenters. The molecule has 20 heavy (non-hydrogen) atoms. The topological polar surface area (TPSA) is 46.2 Å². The Kier molecular flexibility index (Phi) is 3.59. The number of piperidine rings is 1. The minimum absolute atomic E-state index is 0.114. The fraction of sp³-hybridized carbons (Fsp3) is 0.500. The van der Waals surface area contributed by atoms with Crippen molar-refractivity contribution in [3.05, 3.63) is 35.9 Å². The Morgan fingerprint density at radius 2 is 2.00 bits per heavy atom. The van der Waals surface area contributed by atoms with E-state index < -0.39 is 0 Å². The van der Waals surface area contributed by atoms with Gasteiger partial charge < -0.3 is 0 Å². The van der Waals surface area contributed by atoms with Crippen LogP contribution in [-0.4, -0.2) is 22.8 Å². The molecular weight excluding hydrogens is 270 g/mol. The van der Waals surface area contributed by atoms with Crippen LogP contribution in [0.2, 0.25) is 0 Å². The van der Waals surface area contributed by atoms with Crippen LogP contribution in [0.4, 0.5) is 0 Å². The summed E-state index contributed by atoms with van der Waals surface area (Å²) < 4.78 is 0. The molecule has 2 saturated heterocycles. The van der Waals surface area contributed by atoms with E-state index in [0.29, 0.717) is 11.7 Å². The minimum atomic E-state index is -0.219. The lowest BCUT2D eigenvalue weighted by Gasteiger charge is -2.49. The molecule has 1 spiro atoms. The maximum atomic E-state index is 12.5. The van der Waals surface area contributed by atoms with Crippen molar-refractivity contribution in [2.75, 3.05) is 5.75 Å². The predicted octanol–water partition coefficient (Wildman–Crippen LogP) is 2.72. The Balaban J connectivity index is 2.07. The van der Waals surface area contributed by atoms with Crippen LogP contribution in [0.3, 0.4) is 0 Å². The zero-order chi connectivity index (χ0) is 14.2. The molecule has 1 aromatic carbocycles. The molecule has 3 rings (SSSR count). The van der Waals surface area contributed by atoms with Crippen molar-refractivity contribution in [1.82, 2.24) is 5.32 Å². The van der Waals surface area contributed by atoms with Gasteiger partial charge in [0.05, 0.1) is 5.92 Å². The van der Waals surface area contributed by atoms with Crippen LogP contribution in [0.1, 0.15) is 37.7 Å². The molecule has 1 N–H and O–H groups in total. The molecule has 2 aliphatic rings. The smallest absolute Gasteiger partial charge is 0.234 e. The molecule has 2 amide bonds. The first kappa shape index (κ1) is 13.7. The third-order valence-corrected chi connectivity index (χ3v) is 6.18. The highest BCUT2D eigenvalue weighted by atomic mass is 32.2. The Morgan fingerprint density at radius 3 is 2.70 bits per heavy atom. The van der Waals surface area contributed by atoms with Gasteiger partial charge >= 0.3 is 0 Å². The monoisotopic (exact) mass is 289 g/mol. The number of benzene rings is 1. The molecule has 0 saturated carbocycles. The molecule has 2 heterocycles. The number of carbonyl (C=O) groups excluding carboxylic acids is 2. The SMILES string of the molecule is CC1SCCCC12CC(=O)NC(=O)C2c1ccccc1. The molecule has 0 bridgehead atoms. The average molecular weight is 289 g/mol. The van der Waals surface area contributed by atoms with Gasteiger partial charge in [-0.15, -0.1) is 0 Å². The highest BCUT2D eigenvalue weighted by molar-refractivity contribution is 7.99. The zero-order valence-electron chi connectivity index (χ0n) is 11.6. The van der Waals surface area contributed by atoms with Gasteiger partial charge in [-0.05, 0) is 24.2 Å². The van der Waals surface area contributed by atoms with Gasteiger partial charge in [0, 0.05) is 17.1 Å². The van der Waals surface area contributed by atoms with E-state index in [2.05, 4.69) is 12.2 Å². The number of rotatable bonds is 1. The molecule has 2 fully saturated rings. The van der Waals surface area contributed by atoms with Crippen molar-refractivity contribution >= 4 is 23.6 Å². The molecule has 3 atom stereocenters. The van der Waals surface area contributed by atoms with E-state index >= 15 is 0 Å². The van der Waals surface area contributed by atoms with Gasteiger partial charge in [-0.2, -0.15) is 11.8 Å². The first-order chi connectivity index (χ1) is 9.63. The van der Waals surface area contributed by atoms with Crippen LogP contribution < -0.4 is 5.32 Å². The second-order valence-electron chi connectivity index (χ2n) is 5.78. The van der Waals surface area contributed by atoms with Crippen LogP contribution in [0, 0.1) is 5.41 Å². The maximum Gasteiger partial charge on any atom is 0.234 e. The Bertz CT molecular complexity index is 531. The standard InChI is InChI=1S/C16H19NO2S/c1-11-16(8-5-9-20-11)10-13(18)17-15(19)14(16)12-6-3-2-4-7-12/h2-4,6-7,11,14H,5,8-10H2,1H3,(H,17,18,19). The summed E-state index contributed by atoms with van der Waals surface area (Å²) in [7, 11) is 0. The van der Waals surface area contributed by atoms with E-state index in [4.69, 9.17) is 0 Å². The largest absolute Gasteiger partial charge is 0.296 e. The van der Waals surface area contributed by atoms with Crippen molar-refractivity contribution in [1.29, 1.82) is 0 Å². The van der Waals surface area contributed by atoms with Gasteiger partial charge in [-0.3, -0.25) is 14.9 Å². The Labute approximate surface area is 123 Å². The summed E-state index contributed by atoms with van der Waals surface area (Å²) in [5.41, 5.74) is 0.816. The zero-order valence-corrected chi connectivity index (χ0v) is 12.4. The number of carbonyl (C=O) groups is 2. The third-order valence-electron chi connectivity index (χ3n) is 4.69. The van der Waals surface area contributed by atoms with E-state index in [1.54, 1.807) is 0 Å². The molecule has 106 valence electrons. The fourth-order valence-electron chi connectivity index (χ4n) is 3.69. The second kappa shape index (κ2) is 5.24.